The van der Waals surface area contributed by atoms with Crippen molar-refractivity contribution >= 4 is 23.2 Å². The van der Waals surface area contributed by atoms with Crippen molar-refractivity contribution in [3.05, 3.63) is 33.8 Å². The second-order valence-corrected chi connectivity index (χ2v) is 6.19. The molecule has 1 heterocycles. The molecule has 1 aliphatic rings. The van der Waals surface area contributed by atoms with E-state index in [1.165, 1.54) is 5.56 Å². The standard InChI is InChI=1S/C15H22Cl2N2O/c16-13-9-12(10-14(17)11-13)1-4-18-15-2-5-19(6-3-15)7-8-20/h9-11,15,18,20H,1-8H2. The summed E-state index contributed by atoms with van der Waals surface area (Å²) in [5, 5.41) is 13.9. The summed E-state index contributed by atoms with van der Waals surface area (Å²) in [6.07, 6.45) is 3.24. The minimum absolute atomic E-state index is 0.258. The topological polar surface area (TPSA) is 35.5 Å². The fourth-order valence-corrected chi connectivity index (χ4v) is 3.25. The van der Waals surface area contributed by atoms with Gasteiger partial charge in [0.15, 0.2) is 0 Å². The number of hydrogen-bond acceptors (Lipinski definition) is 3. The molecule has 2 rings (SSSR count). The quantitative estimate of drug-likeness (QED) is 0.846. The summed E-state index contributed by atoms with van der Waals surface area (Å²) in [6, 6.07) is 6.29. The molecule has 0 aromatic heterocycles. The number of benzene rings is 1. The van der Waals surface area contributed by atoms with E-state index in [-0.39, 0.29) is 6.61 Å². The van der Waals surface area contributed by atoms with Gasteiger partial charge in [-0.15, -0.1) is 0 Å². The minimum Gasteiger partial charge on any atom is -0.395 e. The van der Waals surface area contributed by atoms with Gasteiger partial charge in [0.05, 0.1) is 6.61 Å². The molecule has 0 aliphatic carbocycles. The van der Waals surface area contributed by atoms with Gasteiger partial charge < -0.3 is 15.3 Å². The molecule has 112 valence electrons. The third-order valence-corrected chi connectivity index (χ3v) is 4.21. The number of likely N-dealkylation sites (tertiary alicyclic amines) is 1. The molecule has 20 heavy (non-hydrogen) atoms. The van der Waals surface area contributed by atoms with Crippen molar-refractivity contribution in [2.45, 2.75) is 25.3 Å². The summed E-state index contributed by atoms with van der Waals surface area (Å²) in [6.45, 7) is 4.14. The lowest BCUT2D eigenvalue weighted by Crippen LogP contribution is -2.43. The number of hydrogen-bond donors (Lipinski definition) is 2. The van der Waals surface area contributed by atoms with Gasteiger partial charge in [-0.05, 0) is 62.7 Å². The highest BCUT2D eigenvalue weighted by atomic mass is 35.5. The normalized spacial score (nSPS) is 17.6. The van der Waals surface area contributed by atoms with Crippen LogP contribution in [0.25, 0.3) is 0 Å². The van der Waals surface area contributed by atoms with Gasteiger partial charge in [-0.1, -0.05) is 23.2 Å². The van der Waals surface area contributed by atoms with Gasteiger partial charge >= 0.3 is 0 Å². The Labute approximate surface area is 130 Å². The molecule has 1 aliphatic heterocycles. The largest absolute Gasteiger partial charge is 0.395 e. The molecule has 2 N–H and O–H groups in total. The second-order valence-electron chi connectivity index (χ2n) is 5.32. The average molecular weight is 317 g/mol. The third-order valence-electron chi connectivity index (χ3n) is 3.77. The first-order valence-electron chi connectivity index (χ1n) is 7.19. The van der Waals surface area contributed by atoms with Crippen LogP contribution < -0.4 is 5.32 Å². The first kappa shape index (κ1) is 16.1. The van der Waals surface area contributed by atoms with Gasteiger partial charge in [-0.25, -0.2) is 0 Å². The van der Waals surface area contributed by atoms with Crippen molar-refractivity contribution in [3.63, 3.8) is 0 Å². The molecule has 0 unspecified atom stereocenters. The zero-order valence-electron chi connectivity index (χ0n) is 11.6. The number of piperidine rings is 1. The van der Waals surface area contributed by atoms with E-state index in [1.54, 1.807) is 6.07 Å². The van der Waals surface area contributed by atoms with Crippen molar-refractivity contribution in [1.82, 2.24) is 10.2 Å². The molecule has 0 atom stereocenters. The first-order chi connectivity index (χ1) is 9.67. The van der Waals surface area contributed by atoms with E-state index in [0.29, 0.717) is 16.1 Å². The Bertz CT molecular complexity index is 400. The Morgan fingerprint density at radius 3 is 2.40 bits per heavy atom. The molecular formula is C15H22Cl2N2O. The monoisotopic (exact) mass is 316 g/mol. The van der Waals surface area contributed by atoms with Crippen molar-refractivity contribution in [2.24, 2.45) is 0 Å². The van der Waals surface area contributed by atoms with Crippen LogP contribution >= 0.6 is 23.2 Å². The van der Waals surface area contributed by atoms with Crippen LogP contribution in [0.2, 0.25) is 10.0 Å². The molecule has 5 heteroatoms. The van der Waals surface area contributed by atoms with Crippen molar-refractivity contribution in [2.75, 3.05) is 32.8 Å². The zero-order chi connectivity index (χ0) is 14.4. The number of nitrogens with one attached hydrogen (secondary N) is 1. The Morgan fingerprint density at radius 2 is 1.80 bits per heavy atom. The molecule has 1 aromatic carbocycles. The van der Waals surface area contributed by atoms with Gasteiger partial charge in [-0.3, -0.25) is 0 Å². The summed E-state index contributed by atoms with van der Waals surface area (Å²) in [4.78, 5) is 2.31. The molecule has 0 spiro atoms. The minimum atomic E-state index is 0.258. The lowest BCUT2D eigenvalue weighted by Gasteiger charge is -2.32. The Kier molecular flexibility index (Phi) is 6.59. The van der Waals surface area contributed by atoms with Gasteiger partial charge in [-0.2, -0.15) is 0 Å². The van der Waals surface area contributed by atoms with Gasteiger partial charge in [0.1, 0.15) is 0 Å². The highest BCUT2D eigenvalue weighted by Gasteiger charge is 2.17. The van der Waals surface area contributed by atoms with E-state index in [1.807, 2.05) is 12.1 Å². The van der Waals surface area contributed by atoms with E-state index in [9.17, 15) is 0 Å². The van der Waals surface area contributed by atoms with Crippen LogP contribution in [0.3, 0.4) is 0 Å². The van der Waals surface area contributed by atoms with E-state index in [4.69, 9.17) is 28.3 Å². The molecule has 1 saturated heterocycles. The lowest BCUT2D eigenvalue weighted by molar-refractivity contribution is 0.157. The summed E-state index contributed by atoms with van der Waals surface area (Å²) < 4.78 is 0. The maximum absolute atomic E-state index is 8.92. The number of halogens is 2. The van der Waals surface area contributed by atoms with Gasteiger partial charge in [0.2, 0.25) is 0 Å². The zero-order valence-corrected chi connectivity index (χ0v) is 13.1. The fraction of sp³-hybridized carbons (Fsp3) is 0.600. The third kappa shape index (κ3) is 5.23. The van der Waals surface area contributed by atoms with Crippen LogP contribution in [0, 0.1) is 0 Å². The first-order valence-corrected chi connectivity index (χ1v) is 7.94. The summed E-state index contributed by atoms with van der Waals surface area (Å²) in [5.74, 6) is 0. The summed E-state index contributed by atoms with van der Waals surface area (Å²) in [7, 11) is 0. The molecule has 0 radical (unpaired) electrons. The van der Waals surface area contributed by atoms with Gasteiger partial charge in [0, 0.05) is 22.6 Å². The lowest BCUT2D eigenvalue weighted by atomic mass is 10.0. The number of aliphatic hydroxyl groups excluding tert-OH is 1. The molecule has 0 amide bonds. The Morgan fingerprint density at radius 1 is 1.15 bits per heavy atom. The van der Waals surface area contributed by atoms with Crippen LogP contribution in [-0.4, -0.2) is 48.8 Å². The van der Waals surface area contributed by atoms with Crippen LogP contribution in [-0.2, 0) is 6.42 Å². The maximum atomic E-state index is 8.92. The number of rotatable bonds is 6. The molecule has 1 fully saturated rings. The smallest absolute Gasteiger partial charge is 0.0558 e. The van der Waals surface area contributed by atoms with Crippen LogP contribution in [0.5, 0.6) is 0 Å². The molecule has 1 aromatic rings. The Balaban J connectivity index is 1.69. The van der Waals surface area contributed by atoms with E-state index in [2.05, 4.69) is 10.2 Å². The van der Waals surface area contributed by atoms with Gasteiger partial charge in [0.25, 0.3) is 0 Å². The molecule has 3 nitrogen and oxygen atoms in total. The van der Waals surface area contributed by atoms with Crippen LogP contribution in [0.1, 0.15) is 18.4 Å². The highest BCUT2D eigenvalue weighted by Crippen LogP contribution is 2.19. The Hall–Kier alpha value is -0.320. The van der Waals surface area contributed by atoms with Crippen molar-refractivity contribution in [3.8, 4) is 0 Å². The SMILES string of the molecule is OCCN1CCC(NCCc2cc(Cl)cc(Cl)c2)CC1. The number of nitrogens with zero attached hydrogens (tertiary/aromatic N) is 1. The average Bonchev–Trinajstić information content (AvgIpc) is 2.40. The van der Waals surface area contributed by atoms with E-state index in [0.717, 1.165) is 45.4 Å². The summed E-state index contributed by atoms with van der Waals surface area (Å²) >= 11 is 12.0. The van der Waals surface area contributed by atoms with E-state index < -0.39 is 0 Å². The molecular weight excluding hydrogens is 295 g/mol. The maximum Gasteiger partial charge on any atom is 0.0558 e. The second kappa shape index (κ2) is 8.20. The number of β-amino-alcohol motifs (C(OH)–C–C–N with tert-alkyl or cyclic N) is 1. The van der Waals surface area contributed by atoms with Crippen molar-refractivity contribution < 1.29 is 5.11 Å². The van der Waals surface area contributed by atoms with Crippen LogP contribution in [0.15, 0.2) is 18.2 Å². The molecule has 0 bridgehead atoms. The highest BCUT2D eigenvalue weighted by molar-refractivity contribution is 6.34. The fourth-order valence-electron chi connectivity index (χ4n) is 2.68. The molecule has 0 saturated carbocycles. The summed E-state index contributed by atoms with van der Waals surface area (Å²) in [5.41, 5.74) is 1.17. The predicted octanol–water partition coefficient (Wildman–Crippen LogP) is 2.58. The van der Waals surface area contributed by atoms with Crippen LogP contribution in [0.4, 0.5) is 0 Å². The van der Waals surface area contributed by atoms with Crippen molar-refractivity contribution in [1.29, 1.82) is 0 Å². The number of aliphatic hydroxyl groups is 1. The predicted molar refractivity (Wildman–Crippen MR) is 84.7 cm³/mol. The van der Waals surface area contributed by atoms with E-state index >= 15 is 0 Å².